The van der Waals surface area contributed by atoms with Gasteiger partial charge in [-0.3, -0.25) is 0 Å². The molecule has 0 radical (unpaired) electrons. The summed E-state index contributed by atoms with van der Waals surface area (Å²) in [6, 6.07) is 0. The van der Waals surface area contributed by atoms with Gasteiger partial charge in [-0.2, -0.15) is 0 Å². The zero-order valence-electron chi connectivity index (χ0n) is 108. The third-order valence-corrected chi connectivity index (χ3v) is 35.8. The summed E-state index contributed by atoms with van der Waals surface area (Å²) in [5.74, 6) is 0. The van der Waals surface area contributed by atoms with E-state index in [2.05, 4.69) is 83.1 Å². The lowest BCUT2D eigenvalue weighted by Crippen LogP contribution is -3.00. The summed E-state index contributed by atoms with van der Waals surface area (Å²) in [5.41, 5.74) is 0. The first-order chi connectivity index (χ1) is 72.7. The third-order valence-electron chi connectivity index (χ3n) is 35.8. The predicted molar refractivity (Wildman–Crippen MR) is 681 cm³/mol. The predicted octanol–water partition coefficient (Wildman–Crippen LogP) is 43.5. The van der Waals surface area contributed by atoms with Crippen LogP contribution in [0, 0.1) is 0 Å². The monoisotopic (exact) mass is 2180 g/mol. The van der Waals surface area contributed by atoms with Gasteiger partial charge < -0.3 is 50.7 Å². The molecule has 0 saturated carbocycles. The number of rotatable bonds is 132. The molecule has 912 valence electrons. The minimum atomic E-state index is 0. The summed E-state index contributed by atoms with van der Waals surface area (Å²) < 4.78 is 4.46. The average molecular weight is 2180 g/mol. The molecule has 150 heavy (non-hydrogen) atoms. The van der Waals surface area contributed by atoms with Crippen LogP contribution in [-0.4, -0.2) is 92.0 Å². The Morgan fingerprint density at radius 2 is 0.100 bits per heavy atom. The minimum absolute atomic E-state index is 0. The second kappa shape index (κ2) is 146. The second-order valence-electron chi connectivity index (χ2n) is 50.9. The molecule has 0 N–H and O–H groups in total. The summed E-state index contributed by atoms with van der Waals surface area (Å²) in [6.07, 6.45) is 176. The Labute approximate surface area is 975 Å². The van der Waals surface area contributed by atoms with E-state index in [0.717, 1.165) is 0 Å². The maximum atomic E-state index is 2.34. The van der Waals surface area contributed by atoms with E-state index in [-0.39, 0.29) is 37.2 Å². The lowest BCUT2D eigenvalue weighted by Gasteiger charge is -2.40. The first-order valence-corrected chi connectivity index (χ1v) is 72.3. The van der Waals surface area contributed by atoms with Crippen molar-refractivity contribution >= 4 is 0 Å². The normalized spacial score (nSPS) is 11.8. The molecular formula is C144H300Cl3N3. The number of quaternary nitrogens is 3. The lowest BCUT2D eigenvalue weighted by molar-refractivity contribution is -0.929. The first kappa shape index (κ1) is 161. The van der Waals surface area contributed by atoms with Gasteiger partial charge in [-0.15, -0.1) is 0 Å². The Morgan fingerprint density at radius 3 is 0.147 bits per heavy atom. The number of hydrogen-bond acceptors (Lipinski definition) is 0. The molecule has 0 fully saturated rings. The van der Waals surface area contributed by atoms with Gasteiger partial charge in [0.05, 0.1) is 78.5 Å². The molecule has 0 saturated heterocycles. The van der Waals surface area contributed by atoms with Crippen LogP contribution in [0.3, 0.4) is 0 Å². The van der Waals surface area contributed by atoms with E-state index in [1.807, 2.05) is 0 Å². The van der Waals surface area contributed by atoms with Gasteiger partial charge in [-0.05, 0) is 154 Å². The molecule has 0 amide bonds. The molecule has 0 aliphatic heterocycles. The van der Waals surface area contributed by atoms with E-state index < -0.39 is 0 Å². The van der Waals surface area contributed by atoms with Crippen LogP contribution < -0.4 is 37.2 Å². The number of halogens is 3. The van der Waals surface area contributed by atoms with Gasteiger partial charge in [0.25, 0.3) is 0 Å². The summed E-state index contributed by atoms with van der Waals surface area (Å²) in [4.78, 5) is 0. The highest BCUT2D eigenvalue weighted by atomic mass is 35.5. The summed E-state index contributed by atoms with van der Waals surface area (Å²) >= 11 is 0. The number of unbranched alkanes of at least 4 members (excludes halogenated alkanes) is 108. The van der Waals surface area contributed by atoms with E-state index in [0.29, 0.717) is 0 Å². The van der Waals surface area contributed by atoms with Crippen LogP contribution in [0.25, 0.3) is 0 Å². The smallest absolute Gasteiger partial charge is 0.0786 e. The molecule has 0 rings (SSSR count). The van der Waals surface area contributed by atoms with Crippen molar-refractivity contribution in [1.82, 2.24) is 0 Å². The van der Waals surface area contributed by atoms with Gasteiger partial charge in [0.15, 0.2) is 0 Å². The molecule has 0 aromatic heterocycles. The highest BCUT2D eigenvalue weighted by Crippen LogP contribution is 2.29. The molecule has 0 aliphatic carbocycles. The summed E-state index contributed by atoms with van der Waals surface area (Å²) in [7, 11) is 0. The molecule has 0 bridgehead atoms. The highest BCUT2D eigenvalue weighted by Gasteiger charge is 2.30. The van der Waals surface area contributed by atoms with E-state index in [4.69, 9.17) is 0 Å². The van der Waals surface area contributed by atoms with Crippen molar-refractivity contribution < 1.29 is 50.7 Å². The van der Waals surface area contributed by atoms with Crippen LogP contribution in [0.15, 0.2) is 0 Å². The molecule has 6 heteroatoms. The highest BCUT2D eigenvalue weighted by molar-refractivity contribution is 4.65. The van der Waals surface area contributed by atoms with Crippen molar-refractivity contribution in [2.24, 2.45) is 0 Å². The molecule has 0 unspecified atom stereocenters. The Kier molecular flexibility index (Phi) is 157. The Morgan fingerprint density at radius 1 is 0.0600 bits per heavy atom. The molecule has 0 spiro atoms. The quantitative estimate of drug-likeness (QED) is 0.0421. The average Bonchev–Trinajstić information content (AvgIpc) is 0.877. The van der Waals surface area contributed by atoms with Gasteiger partial charge >= 0.3 is 0 Å². The van der Waals surface area contributed by atoms with Gasteiger partial charge in [-0.1, -0.05) is 699 Å². The SMILES string of the molecule is CCCCCCCCCCCC[N+](CCCCCCCCCCCC)(CCCCCCCCCCCC)CCCCCCCCCCCC.CCCCCCCCCCCC[N+](CCCCCCCCCCCC)(CCCCCCCCCCCC)CCCCCCCCCCCC.CCCCCCCCCCCC[N+](CCCCCCCCCCCC)(CCCCCCCCCCCC)CCCCCCCCCCCC.[Cl-].[Cl-].[Cl-]. The van der Waals surface area contributed by atoms with Crippen molar-refractivity contribution in [2.75, 3.05) is 78.5 Å². The molecular weight excluding hydrogens is 1880 g/mol. The van der Waals surface area contributed by atoms with E-state index >= 15 is 0 Å². The topological polar surface area (TPSA) is 0 Å². The van der Waals surface area contributed by atoms with Crippen molar-refractivity contribution in [3.63, 3.8) is 0 Å². The van der Waals surface area contributed by atoms with Crippen LogP contribution in [0.5, 0.6) is 0 Å². The van der Waals surface area contributed by atoms with Gasteiger partial charge in [-0.25, -0.2) is 0 Å². The zero-order valence-corrected chi connectivity index (χ0v) is 110. The van der Waals surface area contributed by atoms with Gasteiger partial charge in [0.2, 0.25) is 0 Å². The molecule has 0 aliphatic rings. The van der Waals surface area contributed by atoms with E-state index in [1.165, 1.54) is 862 Å². The zero-order chi connectivity index (χ0) is 107. The molecule has 0 aromatic carbocycles. The fraction of sp³-hybridized carbons (Fsp3) is 1.00. The van der Waals surface area contributed by atoms with Crippen LogP contribution >= 0.6 is 0 Å². The molecule has 3 nitrogen and oxygen atoms in total. The first-order valence-electron chi connectivity index (χ1n) is 72.3. The third kappa shape index (κ3) is 132. The van der Waals surface area contributed by atoms with E-state index in [1.54, 1.807) is 0 Å². The van der Waals surface area contributed by atoms with Crippen LogP contribution in [0.4, 0.5) is 0 Å². The Bertz CT molecular complexity index is 1660. The molecule has 0 atom stereocenters. The molecule has 0 heterocycles. The van der Waals surface area contributed by atoms with Crippen molar-refractivity contribution in [1.29, 1.82) is 0 Å². The van der Waals surface area contributed by atoms with Gasteiger partial charge in [0, 0.05) is 0 Å². The van der Waals surface area contributed by atoms with Crippen molar-refractivity contribution in [3.05, 3.63) is 0 Å². The van der Waals surface area contributed by atoms with Crippen LogP contribution in [-0.2, 0) is 0 Å². The Hall–Kier alpha value is 0.750. The van der Waals surface area contributed by atoms with Crippen molar-refractivity contribution in [2.45, 2.75) is 854 Å². The largest absolute Gasteiger partial charge is 1.00 e. The lowest BCUT2D eigenvalue weighted by atomic mass is 10.0. The maximum Gasteiger partial charge on any atom is 0.0786 e. The Balaban J connectivity index is -0.000000513. The number of nitrogens with zero attached hydrogens (tertiary/aromatic N) is 3. The molecule has 0 aromatic rings. The van der Waals surface area contributed by atoms with Crippen LogP contribution in [0.2, 0.25) is 0 Å². The summed E-state index contributed by atoms with van der Waals surface area (Å²) in [5, 5.41) is 0. The fourth-order valence-electron chi connectivity index (χ4n) is 25.2. The van der Waals surface area contributed by atoms with Crippen molar-refractivity contribution in [3.8, 4) is 0 Å². The van der Waals surface area contributed by atoms with Crippen LogP contribution in [0.1, 0.15) is 854 Å². The second-order valence-corrected chi connectivity index (χ2v) is 50.9. The minimum Gasteiger partial charge on any atom is -1.00 e. The fourth-order valence-corrected chi connectivity index (χ4v) is 25.2. The maximum absolute atomic E-state index is 2.34. The van der Waals surface area contributed by atoms with E-state index in [9.17, 15) is 0 Å². The summed E-state index contributed by atoms with van der Waals surface area (Å²) in [6.45, 7) is 45.9. The standard InChI is InChI=1S/3C48H100N.3ClH/c3*1-5-9-13-17-21-25-29-33-37-41-45-49(46-42-38-34-30-26-22-18-14-10-6-2,47-43-39-35-31-27-23-19-15-11-7-3)48-44-40-36-32-28-24-20-16-12-8-4;;;/h3*5-48H2,1-4H3;3*1H/q3*+1;;;/p-3. The van der Waals surface area contributed by atoms with Gasteiger partial charge in [0.1, 0.15) is 0 Å². The number of hydrogen-bond donors (Lipinski definition) is 0.